The summed E-state index contributed by atoms with van der Waals surface area (Å²) in [7, 11) is -3.69. The summed E-state index contributed by atoms with van der Waals surface area (Å²) in [4.78, 5) is 9.75. The van der Waals surface area contributed by atoms with Crippen LogP contribution < -0.4 is 9.04 Å². The molecule has 0 aromatic carbocycles. The van der Waals surface area contributed by atoms with E-state index in [2.05, 4.69) is 59.7 Å². The first-order valence-corrected chi connectivity index (χ1v) is 31.0. The molecule has 360 valence electrons. The van der Waals surface area contributed by atoms with Crippen molar-refractivity contribution in [2.24, 2.45) is 5.92 Å². The number of hydrogen-bond acceptors (Lipinski definition) is 7. The lowest BCUT2D eigenvalue weighted by Gasteiger charge is -2.32. The van der Waals surface area contributed by atoms with Crippen LogP contribution >= 0.6 is 45.3 Å². The second-order valence-electron chi connectivity index (χ2n) is 19.2. The Labute approximate surface area is 408 Å². The molecule has 0 bridgehead atoms. The fourth-order valence-corrected chi connectivity index (χ4v) is 16.6. The van der Waals surface area contributed by atoms with Crippen molar-refractivity contribution in [3.05, 3.63) is 39.6 Å². The zero-order chi connectivity index (χ0) is 45.6. The Balaban J connectivity index is 1.32. The molecule has 9 heteroatoms. The van der Waals surface area contributed by atoms with E-state index in [0.29, 0.717) is 17.4 Å². The van der Waals surface area contributed by atoms with Gasteiger partial charge in [-0.25, -0.2) is 8.42 Å². The Morgan fingerprint density at radius 3 is 1.42 bits per heavy atom. The molecule has 0 aliphatic carbocycles. The van der Waals surface area contributed by atoms with Crippen LogP contribution in [-0.2, 0) is 10.0 Å². The zero-order valence-electron chi connectivity index (χ0n) is 41.2. The van der Waals surface area contributed by atoms with Crippen LogP contribution in [0.4, 0.5) is 5.69 Å². The van der Waals surface area contributed by atoms with Crippen LogP contribution in [0.1, 0.15) is 229 Å². The summed E-state index contributed by atoms with van der Waals surface area (Å²) in [6.45, 7) is 14.6. The lowest BCUT2D eigenvalue weighted by molar-refractivity contribution is 0.306. The number of nitrogens with zero attached hydrogens (tertiary/aromatic N) is 1. The van der Waals surface area contributed by atoms with Gasteiger partial charge in [0.2, 0.25) is 0 Å². The zero-order valence-corrected chi connectivity index (χ0v) is 45.3. The van der Waals surface area contributed by atoms with E-state index in [0.717, 1.165) is 56.8 Å². The van der Waals surface area contributed by atoms with Crippen LogP contribution in [0.5, 0.6) is 5.75 Å². The molecule has 4 aromatic rings. The molecule has 0 amide bonds. The van der Waals surface area contributed by atoms with Crippen molar-refractivity contribution in [3.8, 4) is 35.0 Å². The van der Waals surface area contributed by atoms with Gasteiger partial charge in [-0.3, -0.25) is 4.31 Å². The van der Waals surface area contributed by atoms with Gasteiger partial charge >= 0.3 is 0 Å². The highest BCUT2D eigenvalue weighted by Crippen LogP contribution is 2.56. The van der Waals surface area contributed by atoms with Gasteiger partial charge in [-0.15, -0.1) is 45.3 Å². The van der Waals surface area contributed by atoms with Gasteiger partial charge in [-0.05, 0) is 69.7 Å². The third-order valence-electron chi connectivity index (χ3n) is 13.4. The molecule has 1 unspecified atom stereocenters. The normalized spacial score (nSPS) is 13.8. The average molecular weight is 971 g/mol. The van der Waals surface area contributed by atoms with Crippen molar-refractivity contribution in [2.75, 3.05) is 17.5 Å². The van der Waals surface area contributed by atoms with Crippen LogP contribution in [0, 0.1) is 26.7 Å². The SMILES string of the molecule is CCCCCCCCCCCCOc1cc(-c2cc3c(s2)-c2sc(C)cc2S(=O)(=O)N3CC(CCCCCCCCCC)CCCCCCCCCCCC)sc1-c1sc(C)cc1C. The van der Waals surface area contributed by atoms with E-state index in [4.69, 9.17) is 4.74 Å². The molecule has 0 saturated heterocycles. The molecule has 0 saturated carbocycles. The summed E-state index contributed by atoms with van der Waals surface area (Å²) in [5.41, 5.74) is 2.19. The van der Waals surface area contributed by atoms with Crippen molar-refractivity contribution in [1.29, 1.82) is 0 Å². The number of fused-ring (bicyclic) bond motifs is 3. The summed E-state index contributed by atoms with van der Waals surface area (Å²) in [5, 5.41) is 0. The average Bonchev–Trinajstić information content (AvgIpc) is 4.07. The topological polar surface area (TPSA) is 46.6 Å². The minimum Gasteiger partial charge on any atom is -0.492 e. The van der Waals surface area contributed by atoms with E-state index in [-0.39, 0.29) is 0 Å². The molecule has 5 rings (SSSR count). The molecule has 64 heavy (non-hydrogen) atoms. The van der Waals surface area contributed by atoms with Gasteiger partial charge in [0.05, 0.1) is 31.8 Å². The minimum atomic E-state index is -3.69. The first kappa shape index (κ1) is 53.3. The standard InChI is InChI=1S/C55H87NO3S5/c1-7-10-13-16-19-22-24-27-30-33-36-46(35-32-29-26-21-18-15-12-9-3)42-56-47-40-49(62-53(47)55-51(64(56,57)58)39-45(6)61-55)50-41-48(54(63-50)52-43(4)38-44(5)60-52)59-37-34-31-28-25-23-20-17-14-11-8-2/h38-41,46H,7-37,42H2,1-6H3. The number of unbranched alkanes of at least 4 members (excludes halogenated alkanes) is 25. The summed E-state index contributed by atoms with van der Waals surface area (Å²) >= 11 is 7.09. The van der Waals surface area contributed by atoms with Crippen molar-refractivity contribution in [2.45, 2.75) is 239 Å². The van der Waals surface area contributed by atoms with Gasteiger partial charge in [0.1, 0.15) is 10.6 Å². The Bertz CT molecular complexity index is 2000. The molecule has 4 aromatic heterocycles. The van der Waals surface area contributed by atoms with Crippen molar-refractivity contribution in [1.82, 2.24) is 0 Å². The Kier molecular flexibility index (Phi) is 24.4. The second kappa shape index (κ2) is 29.3. The summed E-state index contributed by atoms with van der Waals surface area (Å²) in [6.07, 6.45) is 38.9. The molecular formula is C55H87NO3S5. The van der Waals surface area contributed by atoms with E-state index in [1.54, 1.807) is 22.7 Å². The van der Waals surface area contributed by atoms with Gasteiger partial charge in [-0.2, -0.15) is 0 Å². The fraction of sp³-hybridized carbons (Fsp3) is 0.709. The third kappa shape index (κ3) is 16.5. The van der Waals surface area contributed by atoms with E-state index in [1.807, 2.05) is 33.0 Å². The molecule has 0 spiro atoms. The van der Waals surface area contributed by atoms with Crippen molar-refractivity contribution >= 4 is 61.1 Å². The van der Waals surface area contributed by atoms with Gasteiger partial charge in [0.15, 0.2) is 0 Å². The van der Waals surface area contributed by atoms with Crippen molar-refractivity contribution in [3.63, 3.8) is 0 Å². The quantitative estimate of drug-likeness (QED) is 0.0427. The smallest absolute Gasteiger partial charge is 0.265 e. The van der Waals surface area contributed by atoms with Crippen molar-refractivity contribution < 1.29 is 13.2 Å². The van der Waals surface area contributed by atoms with Gasteiger partial charge < -0.3 is 4.74 Å². The largest absolute Gasteiger partial charge is 0.492 e. The number of aryl methyl sites for hydroxylation is 3. The highest BCUT2D eigenvalue weighted by Gasteiger charge is 2.39. The van der Waals surface area contributed by atoms with Crippen LogP contribution in [0.3, 0.4) is 0 Å². The Morgan fingerprint density at radius 2 is 0.922 bits per heavy atom. The number of sulfonamides is 1. The van der Waals surface area contributed by atoms with Crippen LogP contribution in [0.25, 0.3) is 29.3 Å². The predicted octanol–water partition coefficient (Wildman–Crippen LogP) is 20.1. The highest BCUT2D eigenvalue weighted by atomic mass is 32.2. The van der Waals surface area contributed by atoms with E-state index in [9.17, 15) is 8.42 Å². The molecule has 1 atom stereocenters. The number of rotatable bonds is 36. The maximum Gasteiger partial charge on any atom is 0.265 e. The lowest BCUT2D eigenvalue weighted by atomic mass is 9.93. The maximum absolute atomic E-state index is 14.8. The van der Waals surface area contributed by atoms with Gasteiger partial charge in [-0.1, -0.05) is 194 Å². The first-order chi connectivity index (χ1) is 31.2. The number of hydrogen-bond donors (Lipinski definition) is 0. The summed E-state index contributed by atoms with van der Waals surface area (Å²) in [5.74, 6) is 1.33. The molecule has 4 nitrogen and oxygen atoms in total. The van der Waals surface area contributed by atoms with Crippen LogP contribution in [0.15, 0.2) is 29.2 Å². The number of ether oxygens (including phenoxy) is 1. The molecule has 1 aliphatic heterocycles. The molecular weight excluding hydrogens is 883 g/mol. The van der Waals surface area contributed by atoms with E-state index in [1.165, 1.54) is 198 Å². The van der Waals surface area contributed by atoms with Gasteiger partial charge in [0, 0.05) is 32.1 Å². The summed E-state index contributed by atoms with van der Waals surface area (Å²) in [6, 6.07) is 8.71. The van der Waals surface area contributed by atoms with Gasteiger partial charge in [0.25, 0.3) is 10.0 Å². The Hall–Kier alpha value is -1.65. The molecule has 5 heterocycles. The predicted molar refractivity (Wildman–Crippen MR) is 288 cm³/mol. The fourth-order valence-electron chi connectivity index (χ4n) is 9.58. The summed E-state index contributed by atoms with van der Waals surface area (Å²) < 4.78 is 38.1. The molecule has 0 N–H and O–H groups in total. The van der Waals surface area contributed by atoms with Crippen LogP contribution in [0.2, 0.25) is 0 Å². The third-order valence-corrected chi connectivity index (χ3v) is 20.3. The maximum atomic E-state index is 14.8. The highest BCUT2D eigenvalue weighted by molar-refractivity contribution is 7.93. The lowest BCUT2D eigenvalue weighted by Crippen LogP contribution is -2.37. The Morgan fingerprint density at radius 1 is 0.484 bits per heavy atom. The van der Waals surface area contributed by atoms with Crippen LogP contribution in [-0.4, -0.2) is 21.6 Å². The number of thiophene rings is 4. The monoisotopic (exact) mass is 970 g/mol. The molecule has 0 fully saturated rings. The van der Waals surface area contributed by atoms with E-state index >= 15 is 0 Å². The van der Waals surface area contributed by atoms with E-state index < -0.39 is 10.0 Å². The second-order valence-corrected chi connectivity index (χ2v) is 25.7. The minimum absolute atomic E-state index is 0.352. The molecule has 1 aliphatic rings. The number of anilines is 1. The first-order valence-electron chi connectivity index (χ1n) is 26.3. The molecule has 0 radical (unpaired) electrons.